The first-order valence-corrected chi connectivity index (χ1v) is 8.67. The van der Waals surface area contributed by atoms with Crippen LogP contribution < -0.4 is 14.7 Å². The van der Waals surface area contributed by atoms with E-state index < -0.39 is 0 Å². The van der Waals surface area contributed by atoms with Gasteiger partial charge in [0.15, 0.2) is 11.5 Å². The van der Waals surface area contributed by atoms with Crippen LogP contribution in [-0.4, -0.2) is 36.3 Å². The molecule has 2 radical (unpaired) electrons. The van der Waals surface area contributed by atoms with E-state index in [0.717, 1.165) is 43.2 Å². The molecule has 0 saturated heterocycles. The van der Waals surface area contributed by atoms with E-state index in [1.807, 2.05) is 12.1 Å². The van der Waals surface area contributed by atoms with Crippen molar-refractivity contribution in [2.45, 2.75) is 31.7 Å². The number of para-hydroxylation sites is 1. The Bertz CT molecular complexity index is 474. The molecule has 0 aliphatic carbocycles. The zero-order valence-corrected chi connectivity index (χ0v) is 14.4. The summed E-state index contributed by atoms with van der Waals surface area (Å²) in [4.78, 5) is 10.9. The minimum atomic E-state index is -0.341. The van der Waals surface area contributed by atoms with E-state index in [9.17, 15) is 4.79 Å². The Morgan fingerprint density at radius 1 is 1.18 bits per heavy atom. The first-order chi connectivity index (χ1) is 10.7. The van der Waals surface area contributed by atoms with Crippen molar-refractivity contribution in [2.75, 3.05) is 20.8 Å². The van der Waals surface area contributed by atoms with Crippen molar-refractivity contribution in [2.24, 2.45) is 0 Å². The lowest BCUT2D eigenvalue weighted by molar-refractivity contribution is -0.137. The Hall–Kier alpha value is -1.75. The summed E-state index contributed by atoms with van der Waals surface area (Å²) in [6.45, 7) is 3.85. The SMILES string of the molecule is C=CC(=O)OCCCCCC[Si]c1cccc(OC)c1OC. The normalized spacial score (nSPS) is 10.1. The highest BCUT2D eigenvalue weighted by Crippen LogP contribution is 2.23. The zero-order valence-electron chi connectivity index (χ0n) is 13.4. The topological polar surface area (TPSA) is 44.8 Å². The first kappa shape index (κ1) is 18.3. The van der Waals surface area contributed by atoms with Gasteiger partial charge in [0.25, 0.3) is 0 Å². The Morgan fingerprint density at radius 2 is 1.95 bits per heavy atom. The third-order valence-corrected chi connectivity index (χ3v) is 4.58. The molecule has 0 spiro atoms. The highest BCUT2D eigenvalue weighted by Gasteiger charge is 2.09. The smallest absolute Gasteiger partial charge is 0.330 e. The number of methoxy groups -OCH3 is 2. The number of ether oxygens (including phenoxy) is 3. The van der Waals surface area contributed by atoms with Gasteiger partial charge in [-0.05, 0) is 17.7 Å². The van der Waals surface area contributed by atoms with Gasteiger partial charge in [-0.1, -0.05) is 44.0 Å². The van der Waals surface area contributed by atoms with Crippen molar-refractivity contribution in [3.05, 3.63) is 30.9 Å². The Kier molecular flexibility index (Phi) is 9.06. The second-order valence-electron chi connectivity index (χ2n) is 4.75. The summed E-state index contributed by atoms with van der Waals surface area (Å²) in [6, 6.07) is 7.14. The van der Waals surface area contributed by atoms with Crippen molar-refractivity contribution in [1.82, 2.24) is 0 Å². The maximum absolute atomic E-state index is 10.9. The molecule has 0 amide bonds. The van der Waals surface area contributed by atoms with Crippen LogP contribution in [0.15, 0.2) is 30.9 Å². The summed E-state index contributed by atoms with van der Waals surface area (Å²) in [7, 11) is 4.05. The van der Waals surface area contributed by atoms with E-state index in [-0.39, 0.29) is 5.97 Å². The minimum Gasteiger partial charge on any atom is -0.493 e. The van der Waals surface area contributed by atoms with Crippen LogP contribution in [0.5, 0.6) is 11.5 Å². The maximum Gasteiger partial charge on any atom is 0.330 e. The lowest BCUT2D eigenvalue weighted by atomic mass is 10.2. The van der Waals surface area contributed by atoms with E-state index in [2.05, 4.69) is 12.6 Å². The van der Waals surface area contributed by atoms with Crippen LogP contribution in [0.1, 0.15) is 25.7 Å². The number of esters is 1. The second-order valence-corrected chi connectivity index (χ2v) is 6.15. The summed E-state index contributed by atoms with van der Waals surface area (Å²) in [5, 5.41) is 1.21. The molecule has 0 N–H and O–H groups in total. The molecule has 0 aromatic heterocycles. The van der Waals surface area contributed by atoms with Gasteiger partial charge >= 0.3 is 5.97 Å². The minimum absolute atomic E-state index is 0.341. The van der Waals surface area contributed by atoms with Crippen LogP contribution >= 0.6 is 0 Å². The molecule has 1 aromatic rings. The van der Waals surface area contributed by atoms with Gasteiger partial charge < -0.3 is 14.2 Å². The number of carbonyl (C=O) groups excluding carboxylic acids is 1. The monoisotopic (exact) mass is 320 g/mol. The third-order valence-electron chi connectivity index (χ3n) is 3.20. The van der Waals surface area contributed by atoms with Crippen LogP contribution in [0.3, 0.4) is 0 Å². The number of rotatable bonds is 11. The van der Waals surface area contributed by atoms with Crippen LogP contribution in [-0.2, 0) is 9.53 Å². The van der Waals surface area contributed by atoms with E-state index in [4.69, 9.17) is 14.2 Å². The fourth-order valence-corrected chi connectivity index (χ4v) is 3.36. The third kappa shape index (κ3) is 6.35. The molecule has 0 fully saturated rings. The quantitative estimate of drug-likeness (QED) is 0.272. The van der Waals surface area contributed by atoms with Gasteiger partial charge in [0.05, 0.1) is 30.3 Å². The fourth-order valence-electron chi connectivity index (χ4n) is 2.06. The summed E-state index contributed by atoms with van der Waals surface area (Å²) in [5.41, 5.74) is 0. The highest BCUT2D eigenvalue weighted by molar-refractivity contribution is 6.54. The average molecular weight is 320 g/mol. The van der Waals surface area contributed by atoms with Crippen molar-refractivity contribution in [3.8, 4) is 11.5 Å². The van der Waals surface area contributed by atoms with Gasteiger partial charge in [-0.25, -0.2) is 4.79 Å². The molecule has 0 bridgehead atoms. The van der Waals surface area contributed by atoms with Crippen LogP contribution in [0.2, 0.25) is 6.04 Å². The lowest BCUT2D eigenvalue weighted by Gasteiger charge is -2.11. The van der Waals surface area contributed by atoms with Crippen LogP contribution in [0.4, 0.5) is 0 Å². The largest absolute Gasteiger partial charge is 0.493 e. The summed E-state index contributed by atoms with van der Waals surface area (Å²) < 4.78 is 15.7. The van der Waals surface area contributed by atoms with Gasteiger partial charge in [0.1, 0.15) is 0 Å². The Morgan fingerprint density at radius 3 is 2.64 bits per heavy atom. The molecule has 0 aliphatic heterocycles. The predicted molar refractivity (Wildman–Crippen MR) is 89.4 cm³/mol. The Labute approximate surface area is 135 Å². The molecule has 5 heteroatoms. The number of carbonyl (C=O) groups is 1. The van der Waals surface area contributed by atoms with E-state index in [0.29, 0.717) is 16.1 Å². The highest BCUT2D eigenvalue weighted by atomic mass is 28.2. The molecule has 0 heterocycles. The van der Waals surface area contributed by atoms with Gasteiger partial charge in [-0.3, -0.25) is 0 Å². The molecule has 0 unspecified atom stereocenters. The molecule has 4 nitrogen and oxygen atoms in total. The summed E-state index contributed by atoms with van der Waals surface area (Å²) >= 11 is 0. The molecule has 0 aliphatic rings. The fraction of sp³-hybridized carbons (Fsp3) is 0.471. The average Bonchev–Trinajstić information content (AvgIpc) is 2.56. The molecular weight excluding hydrogens is 296 g/mol. The molecule has 1 aromatic carbocycles. The van der Waals surface area contributed by atoms with E-state index in [1.54, 1.807) is 14.2 Å². The van der Waals surface area contributed by atoms with Gasteiger partial charge in [-0.2, -0.15) is 0 Å². The van der Waals surface area contributed by atoms with E-state index in [1.165, 1.54) is 11.3 Å². The van der Waals surface area contributed by atoms with Gasteiger partial charge in [0, 0.05) is 6.08 Å². The molecule has 22 heavy (non-hydrogen) atoms. The molecular formula is C17H24O4Si. The van der Waals surface area contributed by atoms with Gasteiger partial charge in [0.2, 0.25) is 0 Å². The molecule has 0 saturated carbocycles. The number of benzene rings is 1. The lowest BCUT2D eigenvalue weighted by Crippen LogP contribution is -2.17. The van der Waals surface area contributed by atoms with Crippen molar-refractivity contribution >= 4 is 20.7 Å². The number of hydrogen-bond donors (Lipinski definition) is 0. The number of hydrogen-bond acceptors (Lipinski definition) is 4. The molecule has 1 rings (SSSR count). The molecule has 0 atom stereocenters. The van der Waals surface area contributed by atoms with E-state index >= 15 is 0 Å². The number of unbranched alkanes of at least 4 members (excludes halogenated alkanes) is 3. The van der Waals surface area contributed by atoms with Crippen molar-refractivity contribution in [1.29, 1.82) is 0 Å². The Balaban J connectivity index is 2.20. The second kappa shape index (κ2) is 10.9. The zero-order chi connectivity index (χ0) is 16.2. The van der Waals surface area contributed by atoms with Crippen molar-refractivity contribution < 1.29 is 19.0 Å². The first-order valence-electron chi connectivity index (χ1n) is 7.47. The maximum atomic E-state index is 10.9. The standard InChI is InChI=1S/C17H24O4Si/c1-4-16(18)21-12-7-5-6-8-13-22-15-11-9-10-14(19-2)17(15)20-3/h4,9-11H,1,5-8,12-13H2,2-3H3. The van der Waals surface area contributed by atoms with Gasteiger partial charge in [-0.15, -0.1) is 0 Å². The van der Waals surface area contributed by atoms with Crippen molar-refractivity contribution in [3.63, 3.8) is 0 Å². The summed E-state index contributed by atoms with van der Waals surface area (Å²) in [6.07, 6.45) is 5.48. The van der Waals surface area contributed by atoms with Crippen LogP contribution in [0.25, 0.3) is 0 Å². The van der Waals surface area contributed by atoms with Crippen LogP contribution in [0, 0.1) is 0 Å². The summed E-state index contributed by atoms with van der Waals surface area (Å²) in [5.74, 6) is 1.29. The molecule has 120 valence electrons. The predicted octanol–water partition coefficient (Wildman–Crippen LogP) is 2.74.